The molecule has 1 aromatic heterocycles. The Balaban J connectivity index is 1.63. The highest BCUT2D eigenvalue weighted by atomic mass is 16.5. The number of aliphatic carboxylic acids is 1. The van der Waals surface area contributed by atoms with Crippen molar-refractivity contribution in [2.75, 3.05) is 7.11 Å². The third kappa shape index (κ3) is 2.38. The first kappa shape index (κ1) is 13.4. The highest BCUT2D eigenvalue weighted by molar-refractivity contribution is 5.72. The van der Waals surface area contributed by atoms with Crippen LogP contribution >= 0.6 is 0 Å². The lowest BCUT2D eigenvalue weighted by molar-refractivity contribution is -0.144. The van der Waals surface area contributed by atoms with E-state index in [1.54, 1.807) is 13.3 Å². The molecule has 0 aromatic carbocycles. The van der Waals surface area contributed by atoms with Gasteiger partial charge in [-0.3, -0.25) is 4.79 Å². The molecule has 108 valence electrons. The number of rotatable bonds is 5. The monoisotopic (exact) mass is 276 g/mol. The van der Waals surface area contributed by atoms with Gasteiger partial charge in [-0.15, -0.1) is 0 Å². The van der Waals surface area contributed by atoms with E-state index in [0.29, 0.717) is 24.3 Å². The highest BCUT2D eigenvalue weighted by Crippen LogP contribution is 2.48. The number of hydrogen-bond acceptors (Lipinski definition) is 4. The van der Waals surface area contributed by atoms with Gasteiger partial charge in [0.1, 0.15) is 0 Å². The van der Waals surface area contributed by atoms with Gasteiger partial charge in [0.15, 0.2) is 0 Å². The number of fused-ring (bicyclic) bond motifs is 2. The highest BCUT2D eigenvalue weighted by Gasteiger charge is 2.50. The number of nitrogens with one attached hydrogen (secondary N) is 1. The quantitative estimate of drug-likeness (QED) is 0.856. The smallest absolute Gasteiger partial charge is 0.308 e. The fourth-order valence-electron chi connectivity index (χ4n) is 3.81. The molecule has 4 atom stereocenters. The lowest BCUT2D eigenvalue weighted by Gasteiger charge is -2.29. The zero-order chi connectivity index (χ0) is 14.1. The fraction of sp³-hybridized carbons (Fsp3) is 0.600. The van der Waals surface area contributed by atoms with Gasteiger partial charge in [0.05, 0.1) is 13.0 Å². The van der Waals surface area contributed by atoms with Crippen LogP contribution in [0.2, 0.25) is 0 Å². The maximum Gasteiger partial charge on any atom is 0.308 e. The molecule has 0 amide bonds. The first-order valence-electron chi connectivity index (χ1n) is 7.14. The molecule has 4 unspecified atom stereocenters. The minimum absolute atomic E-state index is 0.105. The summed E-state index contributed by atoms with van der Waals surface area (Å²) in [7, 11) is 1.59. The number of carboxylic acids is 1. The lowest BCUT2D eigenvalue weighted by atomic mass is 9.84. The van der Waals surface area contributed by atoms with Crippen molar-refractivity contribution in [3.63, 3.8) is 0 Å². The van der Waals surface area contributed by atoms with Crippen molar-refractivity contribution in [3.8, 4) is 5.88 Å². The minimum Gasteiger partial charge on any atom is -0.481 e. The fourth-order valence-corrected chi connectivity index (χ4v) is 3.81. The third-order valence-electron chi connectivity index (χ3n) is 4.75. The van der Waals surface area contributed by atoms with E-state index >= 15 is 0 Å². The summed E-state index contributed by atoms with van der Waals surface area (Å²) in [6.07, 6.45) is 5.07. The van der Waals surface area contributed by atoms with Crippen molar-refractivity contribution in [2.24, 2.45) is 17.8 Å². The summed E-state index contributed by atoms with van der Waals surface area (Å²) >= 11 is 0. The number of pyridine rings is 1. The molecular weight excluding hydrogens is 256 g/mol. The van der Waals surface area contributed by atoms with Gasteiger partial charge in [0, 0.05) is 24.8 Å². The summed E-state index contributed by atoms with van der Waals surface area (Å²) in [6.45, 7) is 0.661. The van der Waals surface area contributed by atoms with E-state index < -0.39 is 5.97 Å². The van der Waals surface area contributed by atoms with E-state index in [9.17, 15) is 9.90 Å². The molecule has 5 nitrogen and oxygen atoms in total. The summed E-state index contributed by atoms with van der Waals surface area (Å²) in [4.78, 5) is 15.6. The Kier molecular flexibility index (Phi) is 3.61. The van der Waals surface area contributed by atoms with E-state index in [4.69, 9.17) is 4.74 Å². The Labute approximate surface area is 118 Å². The molecule has 2 fully saturated rings. The molecular formula is C15H20N2O3. The van der Waals surface area contributed by atoms with Crippen LogP contribution in [0, 0.1) is 17.8 Å². The van der Waals surface area contributed by atoms with Crippen LogP contribution in [0.5, 0.6) is 5.88 Å². The van der Waals surface area contributed by atoms with E-state index in [-0.39, 0.29) is 12.0 Å². The molecule has 2 saturated carbocycles. The van der Waals surface area contributed by atoms with Crippen molar-refractivity contribution in [3.05, 3.63) is 23.9 Å². The Hall–Kier alpha value is -1.62. The molecule has 2 aliphatic carbocycles. The van der Waals surface area contributed by atoms with Crippen LogP contribution in [0.4, 0.5) is 0 Å². The topological polar surface area (TPSA) is 71.5 Å². The van der Waals surface area contributed by atoms with Crippen LogP contribution in [0.15, 0.2) is 18.3 Å². The molecule has 1 heterocycles. The maximum atomic E-state index is 11.4. The second-order valence-corrected chi connectivity index (χ2v) is 5.81. The average molecular weight is 276 g/mol. The molecule has 2 bridgehead atoms. The Bertz CT molecular complexity index is 488. The molecule has 2 N–H and O–H groups in total. The average Bonchev–Trinajstić information content (AvgIpc) is 3.06. The zero-order valence-corrected chi connectivity index (χ0v) is 11.6. The van der Waals surface area contributed by atoms with Crippen LogP contribution in [-0.4, -0.2) is 29.2 Å². The Morgan fingerprint density at radius 2 is 2.25 bits per heavy atom. The molecule has 5 heteroatoms. The Morgan fingerprint density at radius 3 is 2.90 bits per heavy atom. The van der Waals surface area contributed by atoms with E-state index in [1.165, 1.54) is 0 Å². The van der Waals surface area contributed by atoms with Gasteiger partial charge in [0.25, 0.3) is 0 Å². The van der Waals surface area contributed by atoms with Crippen molar-refractivity contribution in [1.29, 1.82) is 0 Å². The molecule has 0 spiro atoms. The van der Waals surface area contributed by atoms with Crippen LogP contribution in [0.25, 0.3) is 0 Å². The summed E-state index contributed by atoms with van der Waals surface area (Å²) in [5.41, 5.74) is 1.05. The van der Waals surface area contributed by atoms with Gasteiger partial charge in [-0.2, -0.15) is 0 Å². The maximum absolute atomic E-state index is 11.4. The van der Waals surface area contributed by atoms with Gasteiger partial charge >= 0.3 is 5.97 Å². The number of methoxy groups -OCH3 is 1. The van der Waals surface area contributed by atoms with Gasteiger partial charge in [-0.05, 0) is 36.7 Å². The molecule has 1 aromatic rings. The minimum atomic E-state index is -0.650. The molecule has 0 radical (unpaired) electrons. The van der Waals surface area contributed by atoms with Crippen molar-refractivity contribution in [2.45, 2.75) is 31.8 Å². The summed E-state index contributed by atoms with van der Waals surface area (Å²) in [6, 6.07) is 3.89. The summed E-state index contributed by atoms with van der Waals surface area (Å²) in [5, 5.41) is 12.8. The second-order valence-electron chi connectivity index (χ2n) is 5.81. The van der Waals surface area contributed by atoms with E-state index in [0.717, 1.165) is 24.8 Å². The molecule has 0 aliphatic heterocycles. The molecule has 0 saturated heterocycles. The first-order valence-corrected chi connectivity index (χ1v) is 7.14. The number of aromatic nitrogens is 1. The summed E-state index contributed by atoms with van der Waals surface area (Å²) in [5.74, 6) is 0.607. The van der Waals surface area contributed by atoms with Crippen LogP contribution in [0.3, 0.4) is 0 Å². The third-order valence-corrected chi connectivity index (χ3v) is 4.75. The predicted molar refractivity (Wildman–Crippen MR) is 73.4 cm³/mol. The molecule has 3 rings (SSSR count). The number of hydrogen-bond donors (Lipinski definition) is 2. The van der Waals surface area contributed by atoms with Crippen molar-refractivity contribution in [1.82, 2.24) is 10.3 Å². The van der Waals surface area contributed by atoms with E-state index in [1.807, 2.05) is 12.1 Å². The van der Waals surface area contributed by atoms with Crippen LogP contribution < -0.4 is 10.1 Å². The molecule has 2 aliphatic rings. The number of carboxylic acid groups (broad SMARTS) is 1. The van der Waals surface area contributed by atoms with Crippen molar-refractivity contribution < 1.29 is 14.6 Å². The van der Waals surface area contributed by atoms with Crippen LogP contribution in [-0.2, 0) is 11.3 Å². The van der Waals surface area contributed by atoms with Crippen molar-refractivity contribution >= 4 is 5.97 Å². The standard InChI is InChI=1S/C15H20N2O3/c1-20-12-5-2-9(7-16-12)8-17-14-11-4-3-10(6-11)13(14)15(18)19/h2,5,7,10-11,13-14,17H,3-4,6,8H2,1H3,(H,18,19). The van der Waals surface area contributed by atoms with Gasteiger partial charge in [-0.25, -0.2) is 4.98 Å². The normalized spacial score (nSPS) is 31.4. The SMILES string of the molecule is COc1ccc(CNC2C3CCC(C3)C2C(=O)O)cn1. The van der Waals surface area contributed by atoms with E-state index in [2.05, 4.69) is 10.3 Å². The zero-order valence-electron chi connectivity index (χ0n) is 11.6. The Morgan fingerprint density at radius 1 is 1.45 bits per heavy atom. The number of nitrogens with zero attached hydrogens (tertiary/aromatic N) is 1. The lowest BCUT2D eigenvalue weighted by Crippen LogP contribution is -2.43. The first-order chi connectivity index (χ1) is 9.69. The van der Waals surface area contributed by atoms with Gasteiger partial charge < -0.3 is 15.2 Å². The molecule has 20 heavy (non-hydrogen) atoms. The second kappa shape index (κ2) is 5.40. The predicted octanol–water partition coefficient (Wildman–Crippen LogP) is 1.68. The number of ether oxygens (including phenoxy) is 1. The van der Waals surface area contributed by atoms with Gasteiger partial charge in [0.2, 0.25) is 5.88 Å². The van der Waals surface area contributed by atoms with Crippen LogP contribution in [0.1, 0.15) is 24.8 Å². The van der Waals surface area contributed by atoms with Gasteiger partial charge in [-0.1, -0.05) is 6.07 Å². The summed E-state index contributed by atoms with van der Waals surface area (Å²) < 4.78 is 5.03. The number of carbonyl (C=O) groups is 1. The largest absolute Gasteiger partial charge is 0.481 e.